The molecule has 4 saturated heterocycles. The molecule has 4 fully saturated rings. The standard InChI is InChI=1S/C22H35N3O7/c1-2-31-21(29)16-15-5-6-22(32-15)17(16)20(28)25(8-3-4-12-26)18(22)19(27)23-7-9-24-10-13-30-14-11-24/h15-18,26H,2-14H2,1H3,(H,23,27)/t15-,16+,17+,18-,22+/m1/s1. The lowest BCUT2D eigenvalue weighted by Crippen LogP contribution is -2.56. The first kappa shape index (κ1) is 23.4. The fourth-order valence-electron chi connectivity index (χ4n) is 5.85. The maximum Gasteiger partial charge on any atom is 0.312 e. The van der Waals surface area contributed by atoms with Crippen LogP contribution in [-0.2, 0) is 28.6 Å². The van der Waals surface area contributed by atoms with Gasteiger partial charge in [0.2, 0.25) is 11.8 Å². The molecule has 0 aromatic heterocycles. The second-order valence-electron chi connectivity index (χ2n) is 9.02. The number of nitrogens with one attached hydrogen (secondary N) is 1. The SMILES string of the molecule is CCOC(=O)[C@@H]1[C@H]2C(=O)N(CCCCO)[C@H](C(=O)NCCN3CCOCC3)[C@]23CC[C@H]1O3. The van der Waals surface area contributed by atoms with Crippen molar-refractivity contribution in [3.63, 3.8) is 0 Å². The summed E-state index contributed by atoms with van der Waals surface area (Å²) in [5.41, 5.74) is -0.985. The monoisotopic (exact) mass is 453 g/mol. The van der Waals surface area contributed by atoms with Crippen LogP contribution in [0.4, 0.5) is 0 Å². The third kappa shape index (κ3) is 4.13. The van der Waals surface area contributed by atoms with Gasteiger partial charge in [-0.25, -0.2) is 0 Å². The Kier molecular flexibility index (Phi) is 7.34. The van der Waals surface area contributed by atoms with E-state index < -0.39 is 29.4 Å². The van der Waals surface area contributed by atoms with Crippen molar-refractivity contribution in [3.05, 3.63) is 0 Å². The molecule has 0 unspecified atom stereocenters. The second-order valence-corrected chi connectivity index (χ2v) is 9.02. The van der Waals surface area contributed by atoms with E-state index in [2.05, 4.69) is 10.2 Å². The number of rotatable bonds is 10. The van der Waals surface area contributed by atoms with E-state index in [9.17, 15) is 19.5 Å². The van der Waals surface area contributed by atoms with Crippen molar-refractivity contribution in [2.45, 2.75) is 50.4 Å². The van der Waals surface area contributed by atoms with Crippen LogP contribution in [0.1, 0.15) is 32.6 Å². The molecule has 2 amide bonds. The number of nitrogens with zero attached hydrogens (tertiary/aromatic N) is 2. The lowest BCUT2D eigenvalue weighted by Gasteiger charge is -2.33. The number of amides is 2. The van der Waals surface area contributed by atoms with Crippen molar-refractivity contribution in [1.29, 1.82) is 0 Å². The van der Waals surface area contributed by atoms with Crippen molar-refractivity contribution in [3.8, 4) is 0 Å². The van der Waals surface area contributed by atoms with Crippen LogP contribution < -0.4 is 5.32 Å². The van der Waals surface area contributed by atoms with Crippen molar-refractivity contribution in [2.24, 2.45) is 11.8 Å². The number of aliphatic hydroxyl groups is 1. The van der Waals surface area contributed by atoms with Gasteiger partial charge in [-0.1, -0.05) is 0 Å². The summed E-state index contributed by atoms with van der Waals surface area (Å²) < 4.78 is 16.9. The number of hydrogen-bond acceptors (Lipinski definition) is 8. The average Bonchev–Trinajstić information content (AvgIpc) is 3.42. The summed E-state index contributed by atoms with van der Waals surface area (Å²) in [7, 11) is 0. The molecular weight excluding hydrogens is 418 g/mol. The molecule has 4 aliphatic heterocycles. The fourth-order valence-corrected chi connectivity index (χ4v) is 5.85. The molecule has 5 atom stereocenters. The van der Waals surface area contributed by atoms with E-state index in [0.29, 0.717) is 58.5 Å². The zero-order valence-electron chi connectivity index (χ0n) is 18.8. The summed E-state index contributed by atoms with van der Waals surface area (Å²) in [5, 5.41) is 12.2. The lowest BCUT2D eigenvalue weighted by molar-refractivity contribution is -0.154. The van der Waals surface area contributed by atoms with Gasteiger partial charge >= 0.3 is 5.97 Å². The van der Waals surface area contributed by atoms with Gasteiger partial charge in [-0.2, -0.15) is 0 Å². The zero-order valence-corrected chi connectivity index (χ0v) is 18.8. The number of carbonyl (C=O) groups excluding carboxylic acids is 3. The number of hydrogen-bond donors (Lipinski definition) is 2. The topological polar surface area (TPSA) is 118 Å². The first-order chi connectivity index (χ1) is 15.5. The minimum atomic E-state index is -0.985. The lowest BCUT2D eigenvalue weighted by atomic mass is 9.71. The highest BCUT2D eigenvalue weighted by atomic mass is 16.6. The van der Waals surface area contributed by atoms with Gasteiger partial charge in [0, 0.05) is 39.3 Å². The van der Waals surface area contributed by atoms with Gasteiger partial charge in [0.15, 0.2) is 0 Å². The molecule has 0 aromatic carbocycles. The molecule has 0 radical (unpaired) electrons. The van der Waals surface area contributed by atoms with Gasteiger partial charge in [-0.3, -0.25) is 19.3 Å². The van der Waals surface area contributed by atoms with E-state index in [0.717, 1.165) is 13.1 Å². The molecule has 4 aliphatic rings. The van der Waals surface area contributed by atoms with Crippen molar-refractivity contribution in [1.82, 2.24) is 15.1 Å². The van der Waals surface area contributed by atoms with Crippen LogP contribution in [0.5, 0.6) is 0 Å². The smallest absolute Gasteiger partial charge is 0.312 e. The van der Waals surface area contributed by atoms with E-state index in [-0.39, 0.29) is 31.1 Å². The normalized spacial score (nSPS) is 34.1. The summed E-state index contributed by atoms with van der Waals surface area (Å²) in [4.78, 5) is 43.4. The Balaban J connectivity index is 1.50. The quantitative estimate of drug-likeness (QED) is 0.324. The van der Waals surface area contributed by atoms with Crippen LogP contribution >= 0.6 is 0 Å². The van der Waals surface area contributed by atoms with E-state index in [1.807, 2.05) is 0 Å². The Labute approximate surface area is 188 Å². The van der Waals surface area contributed by atoms with Crippen LogP contribution in [0.15, 0.2) is 0 Å². The van der Waals surface area contributed by atoms with E-state index in [1.165, 1.54) is 0 Å². The number of esters is 1. The summed E-state index contributed by atoms with van der Waals surface area (Å²) in [6, 6.07) is -0.771. The van der Waals surface area contributed by atoms with Crippen molar-refractivity contribution >= 4 is 17.8 Å². The van der Waals surface area contributed by atoms with Gasteiger partial charge in [0.05, 0.1) is 37.8 Å². The van der Waals surface area contributed by atoms with Crippen LogP contribution in [0.3, 0.4) is 0 Å². The highest BCUT2D eigenvalue weighted by Gasteiger charge is 2.74. The van der Waals surface area contributed by atoms with Crippen molar-refractivity contribution < 1.29 is 33.7 Å². The summed E-state index contributed by atoms with van der Waals surface area (Å²) in [6.45, 7) is 6.60. The fraction of sp³-hybridized carbons (Fsp3) is 0.864. The number of carbonyl (C=O) groups is 3. The van der Waals surface area contributed by atoms with Crippen LogP contribution in [-0.4, -0.2) is 110 Å². The summed E-state index contributed by atoms with van der Waals surface area (Å²) in [5.74, 6) is -2.21. The van der Waals surface area contributed by atoms with Crippen LogP contribution in [0.2, 0.25) is 0 Å². The number of unbranched alkanes of at least 4 members (excludes halogenated alkanes) is 1. The van der Waals surface area contributed by atoms with Gasteiger partial charge in [-0.15, -0.1) is 0 Å². The molecule has 180 valence electrons. The average molecular weight is 454 g/mol. The predicted molar refractivity (Wildman–Crippen MR) is 113 cm³/mol. The molecule has 2 N–H and O–H groups in total. The molecule has 10 nitrogen and oxygen atoms in total. The second kappa shape index (κ2) is 10.0. The van der Waals surface area contributed by atoms with E-state index >= 15 is 0 Å². The first-order valence-corrected chi connectivity index (χ1v) is 11.9. The van der Waals surface area contributed by atoms with E-state index in [1.54, 1.807) is 11.8 Å². The Morgan fingerprint density at radius 2 is 2.03 bits per heavy atom. The Hall–Kier alpha value is -1.75. The van der Waals surface area contributed by atoms with Gasteiger partial charge in [0.1, 0.15) is 11.6 Å². The summed E-state index contributed by atoms with van der Waals surface area (Å²) in [6.07, 6.45) is 1.94. The Bertz CT molecular complexity index is 714. The first-order valence-electron chi connectivity index (χ1n) is 11.9. The molecule has 2 bridgehead atoms. The van der Waals surface area contributed by atoms with Gasteiger partial charge < -0.3 is 29.5 Å². The molecule has 10 heteroatoms. The number of fused-ring (bicyclic) bond motifs is 1. The third-order valence-corrected chi connectivity index (χ3v) is 7.25. The Morgan fingerprint density at radius 3 is 2.75 bits per heavy atom. The highest BCUT2D eigenvalue weighted by Crippen LogP contribution is 2.58. The largest absolute Gasteiger partial charge is 0.466 e. The Morgan fingerprint density at radius 1 is 1.25 bits per heavy atom. The zero-order chi connectivity index (χ0) is 22.7. The van der Waals surface area contributed by atoms with Gasteiger partial charge in [-0.05, 0) is 32.6 Å². The number of likely N-dealkylation sites (tertiary alicyclic amines) is 1. The van der Waals surface area contributed by atoms with Crippen molar-refractivity contribution in [2.75, 3.05) is 59.2 Å². The number of morpholine rings is 1. The molecule has 1 spiro atoms. The minimum absolute atomic E-state index is 0.0248. The summed E-state index contributed by atoms with van der Waals surface area (Å²) >= 11 is 0. The molecule has 0 aliphatic carbocycles. The molecule has 4 rings (SSSR count). The van der Waals surface area contributed by atoms with Crippen LogP contribution in [0, 0.1) is 11.8 Å². The van der Waals surface area contributed by atoms with Crippen LogP contribution in [0.25, 0.3) is 0 Å². The minimum Gasteiger partial charge on any atom is -0.466 e. The molecule has 0 saturated carbocycles. The maximum atomic E-state index is 13.5. The maximum absolute atomic E-state index is 13.5. The number of ether oxygens (including phenoxy) is 3. The molecular formula is C22H35N3O7. The highest BCUT2D eigenvalue weighted by molar-refractivity contribution is 5.98. The number of aliphatic hydroxyl groups excluding tert-OH is 1. The molecule has 32 heavy (non-hydrogen) atoms. The molecule has 0 aromatic rings. The van der Waals surface area contributed by atoms with Gasteiger partial charge in [0.25, 0.3) is 0 Å². The third-order valence-electron chi connectivity index (χ3n) is 7.25. The predicted octanol–water partition coefficient (Wildman–Crippen LogP) is -0.855. The molecule has 4 heterocycles. The van der Waals surface area contributed by atoms with E-state index in [4.69, 9.17) is 14.2 Å².